The van der Waals surface area contributed by atoms with Gasteiger partial charge in [0.25, 0.3) is 5.91 Å². The summed E-state index contributed by atoms with van der Waals surface area (Å²) in [6.07, 6.45) is 3.14. The Balaban J connectivity index is 2.11. The molecule has 0 aromatic carbocycles. The van der Waals surface area contributed by atoms with Crippen LogP contribution in [-0.2, 0) is 11.8 Å². The molecule has 3 atom stereocenters. The van der Waals surface area contributed by atoms with Crippen LogP contribution in [0.25, 0.3) is 0 Å². The van der Waals surface area contributed by atoms with Crippen molar-refractivity contribution >= 4 is 11.9 Å². The quantitative estimate of drug-likeness (QED) is 0.898. The van der Waals surface area contributed by atoms with Crippen LogP contribution in [0.4, 0.5) is 0 Å². The lowest BCUT2D eigenvalue weighted by atomic mass is 9.61. The Labute approximate surface area is 125 Å². The lowest BCUT2D eigenvalue weighted by Gasteiger charge is -2.46. The fourth-order valence-corrected chi connectivity index (χ4v) is 3.38. The van der Waals surface area contributed by atoms with Crippen LogP contribution in [-0.4, -0.2) is 27.6 Å². The number of nitrogens with one attached hydrogen (secondary N) is 1. The molecule has 0 radical (unpaired) electrons. The number of aromatic nitrogens is 1. The van der Waals surface area contributed by atoms with E-state index in [2.05, 4.69) is 5.32 Å². The minimum atomic E-state index is -0.737. The number of carboxylic acids is 1. The van der Waals surface area contributed by atoms with E-state index in [1.807, 2.05) is 40.1 Å². The monoisotopic (exact) mass is 292 g/mol. The van der Waals surface area contributed by atoms with Gasteiger partial charge in [-0.1, -0.05) is 20.8 Å². The van der Waals surface area contributed by atoms with E-state index in [1.165, 1.54) is 0 Å². The van der Waals surface area contributed by atoms with Crippen molar-refractivity contribution in [2.75, 3.05) is 0 Å². The molecule has 1 fully saturated rings. The first-order valence-corrected chi connectivity index (χ1v) is 7.40. The lowest BCUT2D eigenvalue weighted by Crippen LogP contribution is -2.52. The van der Waals surface area contributed by atoms with Crippen molar-refractivity contribution in [2.45, 2.75) is 39.7 Å². The Morgan fingerprint density at radius 3 is 2.57 bits per heavy atom. The molecule has 1 aromatic heterocycles. The maximum absolute atomic E-state index is 12.3. The number of aryl methyl sites for hydroxylation is 1. The number of carboxylic acid groups (broad SMARTS) is 1. The summed E-state index contributed by atoms with van der Waals surface area (Å²) in [6.45, 7) is 6.00. The van der Waals surface area contributed by atoms with Gasteiger partial charge in [-0.3, -0.25) is 9.59 Å². The van der Waals surface area contributed by atoms with Gasteiger partial charge in [-0.15, -0.1) is 0 Å². The molecule has 2 rings (SSSR count). The summed E-state index contributed by atoms with van der Waals surface area (Å²) < 4.78 is 1.79. The van der Waals surface area contributed by atoms with Crippen LogP contribution in [0.1, 0.15) is 44.1 Å². The van der Waals surface area contributed by atoms with Gasteiger partial charge in [0.1, 0.15) is 5.69 Å². The Hall–Kier alpha value is -1.78. The van der Waals surface area contributed by atoms with E-state index in [4.69, 9.17) is 0 Å². The SMILES string of the molecule is CC1C(NC(=O)c2cccn2C)CCC(C(=O)O)C1(C)C. The van der Waals surface area contributed by atoms with Gasteiger partial charge in [0.05, 0.1) is 5.92 Å². The molecule has 1 aromatic rings. The molecular weight excluding hydrogens is 268 g/mol. The molecule has 0 spiro atoms. The van der Waals surface area contributed by atoms with Crippen molar-refractivity contribution in [3.8, 4) is 0 Å². The van der Waals surface area contributed by atoms with Gasteiger partial charge in [-0.05, 0) is 36.3 Å². The number of rotatable bonds is 3. The van der Waals surface area contributed by atoms with Crippen LogP contribution in [0.2, 0.25) is 0 Å². The maximum Gasteiger partial charge on any atom is 0.307 e. The van der Waals surface area contributed by atoms with Crippen LogP contribution < -0.4 is 5.32 Å². The van der Waals surface area contributed by atoms with E-state index in [0.29, 0.717) is 18.5 Å². The van der Waals surface area contributed by atoms with Gasteiger partial charge in [0, 0.05) is 19.3 Å². The molecule has 21 heavy (non-hydrogen) atoms. The molecule has 116 valence electrons. The van der Waals surface area contributed by atoms with E-state index >= 15 is 0 Å². The van der Waals surface area contributed by atoms with Crippen LogP contribution in [0.15, 0.2) is 18.3 Å². The smallest absolute Gasteiger partial charge is 0.307 e. The second kappa shape index (κ2) is 5.54. The average Bonchev–Trinajstić information content (AvgIpc) is 2.81. The second-order valence-electron chi connectivity index (χ2n) is 6.66. The van der Waals surface area contributed by atoms with Gasteiger partial charge < -0.3 is 15.0 Å². The summed E-state index contributed by atoms with van der Waals surface area (Å²) >= 11 is 0. The number of hydrogen-bond acceptors (Lipinski definition) is 2. The maximum atomic E-state index is 12.3. The van der Waals surface area contributed by atoms with E-state index in [1.54, 1.807) is 10.6 Å². The van der Waals surface area contributed by atoms with Crippen LogP contribution in [0.3, 0.4) is 0 Å². The molecular formula is C16H24N2O3. The van der Waals surface area contributed by atoms with E-state index in [-0.39, 0.29) is 29.2 Å². The molecule has 1 heterocycles. The minimum absolute atomic E-state index is 0.0120. The summed E-state index contributed by atoms with van der Waals surface area (Å²) in [5, 5.41) is 12.4. The summed E-state index contributed by atoms with van der Waals surface area (Å²) in [4.78, 5) is 23.7. The molecule has 1 amide bonds. The minimum Gasteiger partial charge on any atom is -0.481 e. The Bertz CT molecular complexity index is 547. The summed E-state index contributed by atoms with van der Waals surface area (Å²) in [5.74, 6) is -1.07. The summed E-state index contributed by atoms with van der Waals surface area (Å²) in [6, 6.07) is 3.63. The first kappa shape index (κ1) is 15.6. The molecule has 3 unspecified atom stereocenters. The van der Waals surface area contributed by atoms with Crippen molar-refractivity contribution in [1.29, 1.82) is 0 Å². The molecule has 0 aliphatic heterocycles. The van der Waals surface area contributed by atoms with E-state index < -0.39 is 5.97 Å². The van der Waals surface area contributed by atoms with Crippen molar-refractivity contribution in [3.05, 3.63) is 24.0 Å². The van der Waals surface area contributed by atoms with Crippen molar-refractivity contribution in [3.63, 3.8) is 0 Å². The normalized spacial score (nSPS) is 28.1. The molecule has 0 bridgehead atoms. The van der Waals surface area contributed by atoms with Crippen LogP contribution in [0, 0.1) is 17.3 Å². The predicted octanol–water partition coefficient (Wildman–Crippen LogP) is 2.28. The third-order valence-corrected chi connectivity index (χ3v) is 5.23. The molecule has 1 aliphatic rings. The lowest BCUT2D eigenvalue weighted by molar-refractivity contribution is -0.150. The molecule has 2 N–H and O–H groups in total. The fourth-order valence-electron chi connectivity index (χ4n) is 3.38. The highest BCUT2D eigenvalue weighted by molar-refractivity contribution is 5.93. The number of nitrogens with zero attached hydrogens (tertiary/aromatic N) is 1. The summed E-state index contributed by atoms with van der Waals surface area (Å²) in [7, 11) is 1.84. The number of hydrogen-bond donors (Lipinski definition) is 2. The van der Waals surface area contributed by atoms with Gasteiger partial charge in [-0.2, -0.15) is 0 Å². The van der Waals surface area contributed by atoms with E-state index in [9.17, 15) is 14.7 Å². The predicted molar refractivity (Wildman–Crippen MR) is 80.0 cm³/mol. The zero-order chi connectivity index (χ0) is 15.8. The Kier molecular flexibility index (Phi) is 4.12. The second-order valence-corrected chi connectivity index (χ2v) is 6.66. The number of carbonyl (C=O) groups excluding carboxylic acids is 1. The zero-order valence-electron chi connectivity index (χ0n) is 13.1. The third-order valence-electron chi connectivity index (χ3n) is 5.23. The highest BCUT2D eigenvalue weighted by Gasteiger charge is 2.46. The molecule has 1 aliphatic carbocycles. The average molecular weight is 292 g/mol. The van der Waals surface area contributed by atoms with Crippen LogP contribution >= 0.6 is 0 Å². The molecule has 1 saturated carbocycles. The topological polar surface area (TPSA) is 71.3 Å². The van der Waals surface area contributed by atoms with Crippen LogP contribution in [0.5, 0.6) is 0 Å². The standard InChI is InChI=1S/C16H24N2O3/c1-10-12(8-7-11(15(20)21)16(10,2)3)17-14(19)13-6-5-9-18(13)4/h5-6,9-12H,7-8H2,1-4H3,(H,17,19)(H,20,21). The first-order chi connectivity index (χ1) is 9.75. The van der Waals surface area contributed by atoms with E-state index in [0.717, 1.165) is 0 Å². The summed E-state index contributed by atoms with van der Waals surface area (Å²) in [5.41, 5.74) is 0.288. The Morgan fingerprint density at radius 1 is 1.38 bits per heavy atom. The fraction of sp³-hybridized carbons (Fsp3) is 0.625. The molecule has 5 heteroatoms. The highest BCUT2D eigenvalue weighted by Crippen LogP contribution is 2.45. The molecule has 0 saturated heterocycles. The Morgan fingerprint density at radius 2 is 2.05 bits per heavy atom. The van der Waals surface area contributed by atoms with Gasteiger partial charge in [0.2, 0.25) is 0 Å². The van der Waals surface area contributed by atoms with Crippen molar-refractivity contribution < 1.29 is 14.7 Å². The first-order valence-electron chi connectivity index (χ1n) is 7.40. The van der Waals surface area contributed by atoms with Crippen molar-refractivity contribution in [2.24, 2.45) is 24.3 Å². The van der Waals surface area contributed by atoms with Crippen molar-refractivity contribution in [1.82, 2.24) is 9.88 Å². The largest absolute Gasteiger partial charge is 0.481 e. The van der Waals surface area contributed by atoms with Gasteiger partial charge in [-0.25, -0.2) is 0 Å². The molecule has 5 nitrogen and oxygen atoms in total. The third kappa shape index (κ3) is 2.82. The zero-order valence-corrected chi connectivity index (χ0v) is 13.1. The van der Waals surface area contributed by atoms with Gasteiger partial charge >= 0.3 is 5.97 Å². The number of aliphatic carboxylic acids is 1. The highest BCUT2D eigenvalue weighted by atomic mass is 16.4. The van der Waals surface area contributed by atoms with Gasteiger partial charge in [0.15, 0.2) is 0 Å². The number of amides is 1. The number of carbonyl (C=O) groups is 2.